The lowest BCUT2D eigenvalue weighted by atomic mass is 9.81. The van der Waals surface area contributed by atoms with Crippen LogP contribution in [0.3, 0.4) is 0 Å². The number of nitrogens with two attached hydrogens (primary N) is 1. The molecule has 0 radical (unpaired) electrons. The average Bonchev–Trinajstić information content (AvgIpc) is 2.49. The summed E-state index contributed by atoms with van der Waals surface area (Å²) in [5.74, 6) is 0.370. The molecule has 0 aliphatic carbocycles. The molecule has 0 spiro atoms. The third-order valence-electron chi connectivity index (χ3n) is 4.34. The Labute approximate surface area is 133 Å². The highest BCUT2D eigenvalue weighted by molar-refractivity contribution is 7.80. The second-order valence-electron chi connectivity index (χ2n) is 5.51. The Morgan fingerprint density at radius 2 is 1.86 bits per heavy atom. The van der Waals surface area contributed by atoms with Crippen LogP contribution >= 0.6 is 12.2 Å². The van der Waals surface area contributed by atoms with Crippen molar-refractivity contribution in [3.8, 4) is 0 Å². The molecule has 1 atom stereocenters. The van der Waals surface area contributed by atoms with Gasteiger partial charge in [0, 0.05) is 6.54 Å². The minimum absolute atomic E-state index is 0.0414. The number of carbonyl (C=O) groups is 1. The summed E-state index contributed by atoms with van der Waals surface area (Å²) in [5.41, 5.74) is 6.37. The van der Waals surface area contributed by atoms with Crippen LogP contribution in [0, 0.1) is 5.41 Å². The second kappa shape index (κ2) is 8.13. The van der Waals surface area contributed by atoms with Crippen LogP contribution < -0.4 is 11.1 Å². The van der Waals surface area contributed by atoms with Crippen LogP contribution in [0.4, 0.5) is 0 Å². The Morgan fingerprint density at radius 3 is 2.33 bits per heavy atom. The zero-order chi connectivity index (χ0) is 15.9. The summed E-state index contributed by atoms with van der Waals surface area (Å²) in [6.07, 6.45) is 2.18. The average molecular weight is 306 g/mol. The van der Waals surface area contributed by atoms with Crippen molar-refractivity contribution < 1.29 is 4.79 Å². The van der Waals surface area contributed by atoms with E-state index in [9.17, 15) is 4.79 Å². The van der Waals surface area contributed by atoms with Crippen LogP contribution in [0.15, 0.2) is 30.3 Å². The number of nitrogens with one attached hydrogen (secondary N) is 1. The number of amides is 1. The van der Waals surface area contributed by atoms with Crippen molar-refractivity contribution in [1.29, 1.82) is 0 Å². The van der Waals surface area contributed by atoms with Gasteiger partial charge in [0.25, 0.3) is 0 Å². The summed E-state index contributed by atoms with van der Waals surface area (Å²) in [4.78, 5) is 12.7. The maximum atomic E-state index is 12.4. The summed E-state index contributed by atoms with van der Waals surface area (Å²) in [7, 11) is 0. The fraction of sp³-hybridized carbons (Fsp3) is 0.529. The zero-order valence-corrected chi connectivity index (χ0v) is 14.0. The van der Waals surface area contributed by atoms with Crippen molar-refractivity contribution in [3.05, 3.63) is 35.9 Å². The van der Waals surface area contributed by atoms with Gasteiger partial charge >= 0.3 is 0 Å². The number of thiocarbonyl (C=S) groups is 1. The largest absolute Gasteiger partial charge is 0.392 e. The van der Waals surface area contributed by atoms with Crippen LogP contribution in [0.25, 0.3) is 0 Å². The van der Waals surface area contributed by atoms with Crippen LogP contribution in [-0.4, -0.2) is 17.4 Å². The number of rotatable bonds is 8. The minimum Gasteiger partial charge on any atom is -0.392 e. The van der Waals surface area contributed by atoms with E-state index in [0.29, 0.717) is 30.3 Å². The van der Waals surface area contributed by atoms with Crippen molar-refractivity contribution >= 4 is 23.1 Å². The smallest absolute Gasteiger partial charge is 0.233 e. The van der Waals surface area contributed by atoms with Crippen molar-refractivity contribution in [2.45, 2.75) is 46.0 Å². The third-order valence-corrected chi connectivity index (χ3v) is 4.74. The summed E-state index contributed by atoms with van der Waals surface area (Å²) < 4.78 is 0. The normalized spacial score (nSPS) is 12.7. The molecule has 1 aromatic rings. The molecule has 4 heteroatoms. The third kappa shape index (κ3) is 4.27. The van der Waals surface area contributed by atoms with Crippen LogP contribution in [0.1, 0.15) is 51.5 Å². The predicted molar refractivity (Wildman–Crippen MR) is 92.3 cm³/mol. The van der Waals surface area contributed by atoms with Gasteiger partial charge in [0.1, 0.15) is 0 Å². The summed E-state index contributed by atoms with van der Waals surface area (Å²) in [5, 5.41) is 3.00. The second-order valence-corrected chi connectivity index (χ2v) is 5.95. The van der Waals surface area contributed by atoms with Crippen molar-refractivity contribution in [3.63, 3.8) is 0 Å². The van der Waals surface area contributed by atoms with E-state index in [1.165, 1.54) is 5.56 Å². The molecule has 0 aliphatic rings. The number of hydrogen-bond acceptors (Lipinski definition) is 2. The van der Waals surface area contributed by atoms with Gasteiger partial charge in [-0.3, -0.25) is 4.79 Å². The molecule has 3 nitrogen and oxygen atoms in total. The van der Waals surface area contributed by atoms with Crippen LogP contribution in [0.5, 0.6) is 0 Å². The highest BCUT2D eigenvalue weighted by Gasteiger charge is 2.37. The van der Waals surface area contributed by atoms with E-state index >= 15 is 0 Å². The Balaban J connectivity index is 2.55. The monoisotopic (exact) mass is 306 g/mol. The Hall–Kier alpha value is -1.42. The van der Waals surface area contributed by atoms with Crippen LogP contribution in [0.2, 0.25) is 0 Å². The van der Waals surface area contributed by atoms with Crippen molar-refractivity contribution in [2.75, 3.05) is 6.54 Å². The van der Waals surface area contributed by atoms with Gasteiger partial charge in [-0.25, -0.2) is 0 Å². The van der Waals surface area contributed by atoms with E-state index < -0.39 is 5.41 Å². The Bertz CT molecular complexity index is 469. The Morgan fingerprint density at radius 1 is 1.29 bits per heavy atom. The molecule has 0 fully saturated rings. The van der Waals surface area contributed by atoms with E-state index in [-0.39, 0.29) is 5.91 Å². The summed E-state index contributed by atoms with van der Waals surface area (Å²) in [6.45, 7) is 6.71. The van der Waals surface area contributed by atoms with E-state index in [1.54, 1.807) is 0 Å². The van der Waals surface area contributed by atoms with Gasteiger partial charge in [-0.2, -0.15) is 0 Å². The van der Waals surface area contributed by atoms with Gasteiger partial charge in [0.2, 0.25) is 5.91 Å². The quantitative estimate of drug-likeness (QED) is 0.724. The van der Waals surface area contributed by atoms with E-state index in [1.807, 2.05) is 32.0 Å². The van der Waals surface area contributed by atoms with E-state index in [2.05, 4.69) is 24.4 Å². The fourth-order valence-electron chi connectivity index (χ4n) is 2.55. The standard InChI is InChI=1S/C17H26N2OS/c1-4-17(5-2,15(18)21)16(20)19-12-11-13(3)14-9-7-6-8-10-14/h6-10,13H,4-5,11-12H2,1-3H3,(H2,18,21)(H,19,20). The molecular formula is C17H26N2OS. The van der Waals surface area contributed by atoms with Gasteiger partial charge in [-0.15, -0.1) is 0 Å². The molecule has 0 aliphatic heterocycles. The SMILES string of the molecule is CCC(CC)(C(=O)NCCC(C)c1ccccc1)C(N)=S. The van der Waals surface area contributed by atoms with Gasteiger partial charge < -0.3 is 11.1 Å². The lowest BCUT2D eigenvalue weighted by Crippen LogP contribution is -2.48. The minimum atomic E-state index is -0.703. The van der Waals surface area contributed by atoms with Crippen LogP contribution in [-0.2, 0) is 4.79 Å². The lowest BCUT2D eigenvalue weighted by molar-refractivity contribution is -0.127. The molecule has 0 aromatic heterocycles. The molecule has 116 valence electrons. The predicted octanol–water partition coefficient (Wildman–Crippen LogP) is 3.39. The zero-order valence-electron chi connectivity index (χ0n) is 13.2. The van der Waals surface area contributed by atoms with Gasteiger partial charge in [-0.05, 0) is 30.7 Å². The molecule has 1 amide bonds. The molecule has 1 rings (SSSR count). The van der Waals surface area contributed by atoms with Gasteiger partial charge in [0.05, 0.1) is 10.4 Å². The first-order chi connectivity index (χ1) is 9.97. The maximum Gasteiger partial charge on any atom is 0.233 e. The molecule has 0 heterocycles. The van der Waals surface area contributed by atoms with Gasteiger partial charge in [0.15, 0.2) is 0 Å². The molecule has 0 saturated heterocycles. The summed E-state index contributed by atoms with van der Waals surface area (Å²) >= 11 is 5.10. The van der Waals surface area contributed by atoms with E-state index in [0.717, 1.165) is 6.42 Å². The molecule has 3 N–H and O–H groups in total. The molecule has 1 unspecified atom stereocenters. The molecule has 1 aromatic carbocycles. The number of carbonyl (C=O) groups excluding carboxylic acids is 1. The molecule has 21 heavy (non-hydrogen) atoms. The topological polar surface area (TPSA) is 55.1 Å². The van der Waals surface area contributed by atoms with Gasteiger partial charge in [-0.1, -0.05) is 63.3 Å². The maximum absolute atomic E-state index is 12.4. The van der Waals surface area contributed by atoms with Crippen molar-refractivity contribution in [2.24, 2.45) is 11.1 Å². The number of hydrogen-bond donors (Lipinski definition) is 2. The lowest BCUT2D eigenvalue weighted by Gasteiger charge is -2.29. The summed E-state index contributed by atoms with van der Waals surface area (Å²) in [6, 6.07) is 10.3. The molecular weight excluding hydrogens is 280 g/mol. The number of benzene rings is 1. The molecule has 0 saturated carbocycles. The van der Waals surface area contributed by atoms with Crippen molar-refractivity contribution in [1.82, 2.24) is 5.32 Å². The fourth-order valence-corrected chi connectivity index (χ4v) is 2.93. The highest BCUT2D eigenvalue weighted by Crippen LogP contribution is 2.27. The van der Waals surface area contributed by atoms with E-state index in [4.69, 9.17) is 18.0 Å². The highest BCUT2D eigenvalue weighted by atomic mass is 32.1. The first-order valence-electron chi connectivity index (χ1n) is 7.61. The first kappa shape index (κ1) is 17.6. The first-order valence-corrected chi connectivity index (χ1v) is 8.02. The Kier molecular flexibility index (Phi) is 6.82. The molecule has 0 bridgehead atoms.